The molecule has 2 atom stereocenters. The molecule has 2 aliphatic rings. The fourth-order valence-electron chi connectivity index (χ4n) is 3.15. The number of benzene rings is 1. The lowest BCUT2D eigenvalue weighted by Gasteiger charge is -2.26. The fraction of sp³-hybridized carbons (Fsp3) is 0.588. The second-order valence-corrected chi connectivity index (χ2v) is 5.97. The summed E-state index contributed by atoms with van der Waals surface area (Å²) in [7, 11) is 0. The SMILES string of the molecule is O=C(NCCC1CCCCO1)C1Cc2ccccc2CN1. The summed E-state index contributed by atoms with van der Waals surface area (Å²) in [4.78, 5) is 12.2. The summed E-state index contributed by atoms with van der Waals surface area (Å²) in [5.74, 6) is 0.111. The molecule has 114 valence electrons. The lowest BCUT2D eigenvalue weighted by Crippen LogP contribution is -2.48. The molecule has 0 radical (unpaired) electrons. The van der Waals surface area contributed by atoms with Crippen LogP contribution in [0.4, 0.5) is 0 Å². The molecule has 4 nitrogen and oxygen atoms in total. The van der Waals surface area contributed by atoms with Gasteiger partial charge < -0.3 is 15.4 Å². The second-order valence-electron chi connectivity index (χ2n) is 5.97. The average molecular weight is 288 g/mol. The number of fused-ring (bicyclic) bond motifs is 1. The Morgan fingerprint density at radius 3 is 2.95 bits per heavy atom. The van der Waals surface area contributed by atoms with E-state index in [9.17, 15) is 4.79 Å². The zero-order valence-corrected chi connectivity index (χ0v) is 12.4. The van der Waals surface area contributed by atoms with Crippen LogP contribution in [-0.2, 0) is 22.5 Å². The van der Waals surface area contributed by atoms with Crippen LogP contribution in [0.1, 0.15) is 36.8 Å². The molecule has 1 saturated heterocycles. The molecular weight excluding hydrogens is 264 g/mol. The highest BCUT2D eigenvalue weighted by atomic mass is 16.5. The van der Waals surface area contributed by atoms with E-state index in [-0.39, 0.29) is 11.9 Å². The number of rotatable bonds is 4. The van der Waals surface area contributed by atoms with Crippen molar-refractivity contribution >= 4 is 5.91 Å². The number of ether oxygens (including phenoxy) is 1. The molecule has 4 heteroatoms. The van der Waals surface area contributed by atoms with Crippen molar-refractivity contribution in [3.05, 3.63) is 35.4 Å². The van der Waals surface area contributed by atoms with E-state index in [2.05, 4.69) is 22.8 Å². The van der Waals surface area contributed by atoms with Gasteiger partial charge in [-0.05, 0) is 43.2 Å². The number of nitrogens with one attached hydrogen (secondary N) is 2. The molecule has 0 spiro atoms. The Kier molecular flexibility index (Phi) is 4.88. The number of carbonyl (C=O) groups is 1. The van der Waals surface area contributed by atoms with Gasteiger partial charge in [0.15, 0.2) is 0 Å². The Bertz CT molecular complexity index is 483. The lowest BCUT2D eigenvalue weighted by atomic mass is 9.95. The maximum Gasteiger partial charge on any atom is 0.237 e. The van der Waals surface area contributed by atoms with Crippen molar-refractivity contribution in [3.63, 3.8) is 0 Å². The van der Waals surface area contributed by atoms with Crippen LogP contribution in [0, 0.1) is 0 Å². The highest BCUT2D eigenvalue weighted by Crippen LogP contribution is 2.17. The van der Waals surface area contributed by atoms with Crippen molar-refractivity contribution in [1.29, 1.82) is 0 Å². The first-order valence-electron chi connectivity index (χ1n) is 8.02. The minimum Gasteiger partial charge on any atom is -0.378 e. The molecule has 3 rings (SSSR count). The molecule has 0 aliphatic carbocycles. The lowest BCUT2D eigenvalue weighted by molar-refractivity contribution is -0.123. The third kappa shape index (κ3) is 3.83. The summed E-state index contributed by atoms with van der Waals surface area (Å²) in [5.41, 5.74) is 2.59. The van der Waals surface area contributed by atoms with Gasteiger partial charge in [-0.2, -0.15) is 0 Å². The number of carbonyl (C=O) groups excluding carboxylic acids is 1. The third-order valence-electron chi connectivity index (χ3n) is 4.44. The quantitative estimate of drug-likeness (QED) is 0.888. The normalized spacial score (nSPS) is 25.1. The van der Waals surface area contributed by atoms with Crippen molar-refractivity contribution in [1.82, 2.24) is 10.6 Å². The van der Waals surface area contributed by atoms with E-state index in [4.69, 9.17) is 4.74 Å². The van der Waals surface area contributed by atoms with E-state index in [1.807, 2.05) is 12.1 Å². The van der Waals surface area contributed by atoms with Crippen molar-refractivity contribution in [3.8, 4) is 0 Å². The van der Waals surface area contributed by atoms with Crippen LogP contribution >= 0.6 is 0 Å². The van der Waals surface area contributed by atoms with Gasteiger partial charge in [-0.25, -0.2) is 0 Å². The maximum atomic E-state index is 12.2. The first-order chi connectivity index (χ1) is 10.3. The zero-order chi connectivity index (χ0) is 14.5. The molecule has 0 bridgehead atoms. The molecule has 2 unspecified atom stereocenters. The molecule has 1 aromatic rings. The van der Waals surface area contributed by atoms with Gasteiger partial charge in [0.05, 0.1) is 12.1 Å². The predicted octanol–water partition coefficient (Wildman–Crippen LogP) is 1.78. The Hall–Kier alpha value is -1.39. The van der Waals surface area contributed by atoms with Gasteiger partial charge in [-0.3, -0.25) is 4.79 Å². The molecule has 0 saturated carbocycles. The molecule has 21 heavy (non-hydrogen) atoms. The summed E-state index contributed by atoms with van der Waals surface area (Å²) in [6, 6.07) is 8.22. The second kappa shape index (κ2) is 7.05. The van der Waals surface area contributed by atoms with E-state index < -0.39 is 0 Å². The van der Waals surface area contributed by atoms with Gasteiger partial charge in [-0.15, -0.1) is 0 Å². The molecule has 0 aromatic heterocycles. The highest BCUT2D eigenvalue weighted by Gasteiger charge is 2.23. The van der Waals surface area contributed by atoms with Gasteiger partial charge in [0.25, 0.3) is 0 Å². The van der Waals surface area contributed by atoms with Crippen molar-refractivity contribution in [2.24, 2.45) is 0 Å². The predicted molar refractivity (Wildman–Crippen MR) is 82.0 cm³/mol. The summed E-state index contributed by atoms with van der Waals surface area (Å²) < 4.78 is 5.68. The van der Waals surface area contributed by atoms with Gasteiger partial charge in [0.1, 0.15) is 0 Å². The van der Waals surface area contributed by atoms with Crippen molar-refractivity contribution in [2.45, 2.75) is 50.8 Å². The number of hydrogen-bond donors (Lipinski definition) is 2. The first kappa shape index (κ1) is 14.5. The van der Waals surface area contributed by atoms with E-state index in [1.165, 1.54) is 24.0 Å². The molecule has 1 fully saturated rings. The summed E-state index contributed by atoms with van der Waals surface area (Å²) in [6.07, 6.45) is 5.59. The Morgan fingerprint density at radius 1 is 1.29 bits per heavy atom. The summed E-state index contributed by atoms with van der Waals surface area (Å²) >= 11 is 0. The smallest absolute Gasteiger partial charge is 0.237 e. The maximum absolute atomic E-state index is 12.2. The molecule has 2 heterocycles. The van der Waals surface area contributed by atoms with Gasteiger partial charge in [0.2, 0.25) is 5.91 Å². The molecule has 2 N–H and O–H groups in total. The van der Waals surface area contributed by atoms with Crippen molar-refractivity contribution < 1.29 is 9.53 Å². The van der Waals surface area contributed by atoms with E-state index >= 15 is 0 Å². The molecule has 1 aromatic carbocycles. The average Bonchev–Trinajstić information content (AvgIpc) is 2.55. The van der Waals surface area contributed by atoms with Gasteiger partial charge in [-0.1, -0.05) is 24.3 Å². The monoisotopic (exact) mass is 288 g/mol. The van der Waals surface area contributed by atoms with Gasteiger partial charge in [0, 0.05) is 19.7 Å². The molecule has 2 aliphatic heterocycles. The minimum atomic E-state index is -0.104. The Morgan fingerprint density at radius 2 is 2.14 bits per heavy atom. The van der Waals surface area contributed by atoms with Crippen LogP contribution in [-0.4, -0.2) is 31.2 Å². The Labute approximate surface area is 126 Å². The third-order valence-corrected chi connectivity index (χ3v) is 4.44. The van der Waals surface area contributed by atoms with Crippen LogP contribution < -0.4 is 10.6 Å². The minimum absolute atomic E-state index is 0.104. The zero-order valence-electron chi connectivity index (χ0n) is 12.4. The molecular formula is C17H24N2O2. The summed E-state index contributed by atoms with van der Waals surface area (Å²) in [5, 5.41) is 6.37. The van der Waals surface area contributed by atoms with E-state index in [1.54, 1.807) is 0 Å². The first-order valence-corrected chi connectivity index (χ1v) is 8.02. The van der Waals surface area contributed by atoms with E-state index in [0.29, 0.717) is 12.6 Å². The number of amides is 1. The van der Waals surface area contributed by atoms with E-state index in [0.717, 1.165) is 32.4 Å². The van der Waals surface area contributed by atoms with Crippen molar-refractivity contribution in [2.75, 3.05) is 13.2 Å². The van der Waals surface area contributed by atoms with Crippen LogP contribution in [0.25, 0.3) is 0 Å². The summed E-state index contributed by atoms with van der Waals surface area (Å²) in [6.45, 7) is 2.36. The largest absolute Gasteiger partial charge is 0.378 e. The van der Waals surface area contributed by atoms with Crippen LogP contribution in [0.15, 0.2) is 24.3 Å². The Balaban J connectivity index is 1.44. The topological polar surface area (TPSA) is 50.4 Å². The standard InChI is InChI=1S/C17H24N2O2/c20-17(18-9-8-15-7-3-4-10-21-15)16-11-13-5-1-2-6-14(13)12-19-16/h1-2,5-6,15-16,19H,3-4,7-12H2,(H,18,20). The van der Waals surface area contributed by atoms with Crippen LogP contribution in [0.3, 0.4) is 0 Å². The molecule has 1 amide bonds. The van der Waals surface area contributed by atoms with Crippen LogP contribution in [0.5, 0.6) is 0 Å². The van der Waals surface area contributed by atoms with Crippen LogP contribution in [0.2, 0.25) is 0 Å². The fourth-order valence-corrected chi connectivity index (χ4v) is 3.15. The number of hydrogen-bond acceptors (Lipinski definition) is 3. The van der Waals surface area contributed by atoms with Gasteiger partial charge >= 0.3 is 0 Å². The highest BCUT2D eigenvalue weighted by molar-refractivity contribution is 5.82.